The van der Waals surface area contributed by atoms with Crippen LogP contribution in [0.15, 0.2) is 12.7 Å². The van der Waals surface area contributed by atoms with E-state index in [2.05, 4.69) is 11.5 Å². The fourth-order valence-corrected chi connectivity index (χ4v) is 8.55. The maximum Gasteiger partial charge on any atom is 0.308 e. The standard InChI is InChI=1S/C22H33N3O6S/c1-3-4-24(6-5-23-8-11-31-12-9-23)20(28)18-22-14(2)13-15(32-22)16(21(29)30)17(22)19(27)25(18)7-10-26/h3,14-18,26H,1,4-13H2,2H3,(H,29,30)/t14?,15-,16+,17+,18?,22?/m1/s1. The molecule has 4 saturated heterocycles. The van der Waals surface area contributed by atoms with Crippen LogP contribution in [0.2, 0.25) is 0 Å². The Morgan fingerprint density at radius 1 is 1.34 bits per heavy atom. The van der Waals surface area contributed by atoms with Crippen LogP contribution in [0.1, 0.15) is 13.3 Å². The maximum atomic E-state index is 14.0. The molecule has 1 spiro atoms. The van der Waals surface area contributed by atoms with Gasteiger partial charge in [0.05, 0.1) is 36.4 Å². The fourth-order valence-electron chi connectivity index (χ4n) is 6.14. The zero-order chi connectivity index (χ0) is 23.0. The lowest BCUT2D eigenvalue weighted by Gasteiger charge is -2.40. The molecule has 0 aromatic heterocycles. The van der Waals surface area contributed by atoms with Crippen LogP contribution in [0.25, 0.3) is 0 Å². The third-order valence-corrected chi connectivity index (χ3v) is 9.63. The predicted octanol–water partition coefficient (Wildman–Crippen LogP) is -0.253. The number of aliphatic hydroxyl groups is 1. The Labute approximate surface area is 192 Å². The van der Waals surface area contributed by atoms with Crippen molar-refractivity contribution in [2.24, 2.45) is 17.8 Å². The number of amides is 2. The van der Waals surface area contributed by atoms with Crippen LogP contribution in [0, 0.1) is 17.8 Å². The van der Waals surface area contributed by atoms with Crippen LogP contribution in [0.5, 0.6) is 0 Å². The van der Waals surface area contributed by atoms with E-state index in [1.807, 2.05) is 6.92 Å². The summed E-state index contributed by atoms with van der Waals surface area (Å²) in [5.74, 6) is -2.94. The van der Waals surface area contributed by atoms with Crippen molar-refractivity contribution in [3.8, 4) is 0 Å². The number of ether oxygens (including phenoxy) is 1. The third-order valence-electron chi connectivity index (χ3n) is 7.56. The van der Waals surface area contributed by atoms with Gasteiger partial charge in [0, 0.05) is 44.5 Å². The van der Waals surface area contributed by atoms with Gasteiger partial charge in [-0.15, -0.1) is 18.3 Å². The normalized spacial score (nSPS) is 36.4. The first-order valence-corrected chi connectivity index (χ1v) is 12.3. The molecule has 6 atom stereocenters. The average molecular weight is 468 g/mol. The molecule has 0 radical (unpaired) electrons. The zero-order valence-electron chi connectivity index (χ0n) is 18.5. The van der Waals surface area contributed by atoms with Crippen LogP contribution < -0.4 is 0 Å². The Morgan fingerprint density at radius 3 is 2.69 bits per heavy atom. The second-order valence-electron chi connectivity index (χ2n) is 9.17. The number of carbonyl (C=O) groups excluding carboxylic acids is 2. The number of aliphatic hydroxyl groups excluding tert-OH is 1. The molecule has 4 heterocycles. The number of hydrogen-bond donors (Lipinski definition) is 2. The fraction of sp³-hybridized carbons (Fsp3) is 0.773. The van der Waals surface area contributed by atoms with Crippen LogP contribution in [0.4, 0.5) is 0 Å². The number of nitrogens with zero attached hydrogens (tertiary/aromatic N) is 3. The predicted molar refractivity (Wildman–Crippen MR) is 119 cm³/mol. The summed E-state index contributed by atoms with van der Waals surface area (Å²) in [6.07, 6.45) is 2.36. The first-order chi connectivity index (χ1) is 15.4. The SMILES string of the molecule is C=CCN(CCN1CCOCC1)C(=O)C1N(CCO)C(=O)[C@@H]2[C@@H](C(=O)O)[C@H]3CC(C)C12S3. The van der Waals surface area contributed by atoms with Crippen LogP contribution in [0.3, 0.4) is 0 Å². The monoisotopic (exact) mass is 467 g/mol. The molecule has 3 unspecified atom stereocenters. The van der Waals surface area contributed by atoms with E-state index in [0.717, 1.165) is 13.1 Å². The minimum Gasteiger partial charge on any atom is -0.481 e. The molecule has 9 nitrogen and oxygen atoms in total. The van der Waals surface area contributed by atoms with Gasteiger partial charge in [-0.05, 0) is 12.3 Å². The van der Waals surface area contributed by atoms with Gasteiger partial charge in [-0.2, -0.15) is 0 Å². The molecule has 0 aromatic carbocycles. The quantitative estimate of drug-likeness (QED) is 0.447. The van der Waals surface area contributed by atoms with Gasteiger partial charge in [-0.1, -0.05) is 13.0 Å². The second kappa shape index (κ2) is 9.32. The first-order valence-electron chi connectivity index (χ1n) is 11.4. The molecule has 0 aromatic rings. The van der Waals surface area contributed by atoms with Crippen molar-refractivity contribution < 1.29 is 29.3 Å². The maximum absolute atomic E-state index is 14.0. The van der Waals surface area contributed by atoms with Crippen molar-refractivity contribution in [1.82, 2.24) is 14.7 Å². The molecular weight excluding hydrogens is 434 g/mol. The van der Waals surface area contributed by atoms with E-state index in [1.165, 1.54) is 16.7 Å². The van der Waals surface area contributed by atoms with Crippen molar-refractivity contribution >= 4 is 29.5 Å². The summed E-state index contributed by atoms with van der Waals surface area (Å²) in [6, 6.07) is -0.772. The summed E-state index contributed by atoms with van der Waals surface area (Å²) < 4.78 is 4.63. The number of thioether (sulfide) groups is 1. The van der Waals surface area contributed by atoms with E-state index in [1.54, 1.807) is 11.0 Å². The summed E-state index contributed by atoms with van der Waals surface area (Å²) in [5.41, 5.74) is 0. The van der Waals surface area contributed by atoms with Crippen molar-refractivity contribution in [3.63, 3.8) is 0 Å². The molecule has 4 rings (SSSR count). The van der Waals surface area contributed by atoms with Crippen molar-refractivity contribution in [2.75, 3.05) is 59.1 Å². The van der Waals surface area contributed by atoms with Gasteiger partial charge in [0.1, 0.15) is 6.04 Å². The molecule has 2 amide bonds. The summed E-state index contributed by atoms with van der Waals surface area (Å²) >= 11 is 1.52. The molecule has 178 valence electrons. The molecule has 32 heavy (non-hydrogen) atoms. The zero-order valence-corrected chi connectivity index (χ0v) is 19.3. The Hall–Kier alpha value is -1.62. The Bertz CT molecular complexity index is 775. The molecule has 4 fully saturated rings. The highest BCUT2D eigenvalue weighted by atomic mass is 32.2. The van der Waals surface area contributed by atoms with Gasteiger partial charge in [0.25, 0.3) is 0 Å². The largest absolute Gasteiger partial charge is 0.481 e. The van der Waals surface area contributed by atoms with E-state index < -0.39 is 28.6 Å². The summed E-state index contributed by atoms with van der Waals surface area (Å²) in [7, 11) is 0. The van der Waals surface area contributed by atoms with Gasteiger partial charge >= 0.3 is 5.97 Å². The van der Waals surface area contributed by atoms with E-state index in [0.29, 0.717) is 39.3 Å². The average Bonchev–Trinajstić information content (AvgIpc) is 3.36. The van der Waals surface area contributed by atoms with Crippen molar-refractivity contribution in [2.45, 2.75) is 29.4 Å². The number of hydrogen-bond acceptors (Lipinski definition) is 7. The van der Waals surface area contributed by atoms with Crippen LogP contribution >= 0.6 is 11.8 Å². The number of carboxylic acids is 1. The third kappa shape index (κ3) is 3.65. The number of fused-ring (bicyclic) bond motifs is 1. The molecule has 2 bridgehead atoms. The molecule has 4 aliphatic rings. The number of carbonyl (C=O) groups is 3. The number of β-amino-alcohol motifs (C(OH)–C–C–N with tert-alkyl or cyclic N) is 1. The van der Waals surface area contributed by atoms with Crippen LogP contribution in [-0.4, -0.2) is 118 Å². The number of aliphatic carboxylic acids is 1. The van der Waals surface area contributed by atoms with Gasteiger partial charge < -0.3 is 24.7 Å². The van der Waals surface area contributed by atoms with Gasteiger partial charge in [0.15, 0.2) is 0 Å². The number of rotatable bonds is 9. The number of carboxylic acid groups (broad SMARTS) is 1. The smallest absolute Gasteiger partial charge is 0.308 e. The highest BCUT2D eigenvalue weighted by Gasteiger charge is 2.76. The van der Waals surface area contributed by atoms with Crippen LogP contribution in [-0.2, 0) is 19.1 Å². The lowest BCUT2D eigenvalue weighted by atomic mass is 9.66. The summed E-state index contributed by atoms with van der Waals surface area (Å²) in [5, 5.41) is 19.4. The highest BCUT2D eigenvalue weighted by Crippen LogP contribution is 2.68. The summed E-state index contributed by atoms with van der Waals surface area (Å²) in [6.45, 7) is 10.1. The van der Waals surface area contributed by atoms with Gasteiger partial charge in [0.2, 0.25) is 11.8 Å². The lowest BCUT2D eigenvalue weighted by molar-refractivity contribution is -0.149. The Balaban J connectivity index is 1.63. The molecule has 10 heteroatoms. The number of likely N-dealkylation sites (tertiary alicyclic amines) is 1. The van der Waals surface area contributed by atoms with E-state index in [4.69, 9.17) is 4.74 Å². The highest BCUT2D eigenvalue weighted by molar-refractivity contribution is 8.02. The van der Waals surface area contributed by atoms with E-state index in [9.17, 15) is 24.6 Å². The minimum atomic E-state index is -0.970. The number of morpholine rings is 1. The Kier molecular flexibility index (Phi) is 6.86. The van der Waals surface area contributed by atoms with Crippen molar-refractivity contribution in [3.05, 3.63) is 12.7 Å². The van der Waals surface area contributed by atoms with Crippen molar-refractivity contribution in [1.29, 1.82) is 0 Å². The second-order valence-corrected chi connectivity index (χ2v) is 10.7. The topological polar surface area (TPSA) is 111 Å². The minimum absolute atomic E-state index is 0.0309. The van der Waals surface area contributed by atoms with Gasteiger partial charge in [-0.25, -0.2) is 0 Å². The molecule has 0 aliphatic carbocycles. The molecule has 0 saturated carbocycles. The molecular formula is C22H33N3O6S. The summed E-state index contributed by atoms with van der Waals surface area (Å²) in [4.78, 5) is 45.0. The lowest BCUT2D eigenvalue weighted by Crippen LogP contribution is -2.58. The molecule has 4 aliphatic heterocycles. The Morgan fingerprint density at radius 2 is 2.06 bits per heavy atom. The molecule has 2 N–H and O–H groups in total. The first kappa shape index (κ1) is 23.5. The van der Waals surface area contributed by atoms with E-state index >= 15 is 0 Å². The van der Waals surface area contributed by atoms with E-state index in [-0.39, 0.29) is 36.1 Å². The van der Waals surface area contributed by atoms with Gasteiger partial charge in [-0.3, -0.25) is 19.3 Å².